The highest BCUT2D eigenvalue weighted by molar-refractivity contribution is 6.15. The van der Waals surface area contributed by atoms with Gasteiger partial charge in [-0.3, -0.25) is 9.78 Å². The van der Waals surface area contributed by atoms with Crippen LogP contribution in [-0.4, -0.2) is 17.9 Å². The van der Waals surface area contributed by atoms with E-state index in [0.717, 1.165) is 22.1 Å². The number of methoxy groups -OCH3 is 1. The lowest BCUT2D eigenvalue weighted by Crippen LogP contribution is -2.07. The van der Waals surface area contributed by atoms with Crippen molar-refractivity contribution >= 4 is 16.6 Å². The number of rotatable bonds is 3. The molecule has 3 nitrogen and oxygen atoms in total. The zero-order valence-corrected chi connectivity index (χ0v) is 12.0. The molecule has 1 heterocycles. The minimum atomic E-state index is -0.0630. The largest absolute Gasteiger partial charge is 0.497 e. The van der Waals surface area contributed by atoms with Gasteiger partial charge in [0.2, 0.25) is 5.78 Å². The van der Waals surface area contributed by atoms with Gasteiger partial charge in [-0.15, -0.1) is 0 Å². The maximum Gasteiger partial charge on any atom is 0.212 e. The molecule has 0 radical (unpaired) electrons. The zero-order chi connectivity index (χ0) is 14.8. The Morgan fingerprint density at radius 1 is 1.10 bits per heavy atom. The van der Waals surface area contributed by atoms with Crippen molar-refractivity contribution in [1.82, 2.24) is 4.98 Å². The lowest BCUT2D eigenvalue weighted by Gasteiger charge is -2.08. The number of aryl methyl sites for hydroxylation is 1. The second kappa shape index (κ2) is 5.37. The highest BCUT2D eigenvalue weighted by Crippen LogP contribution is 2.23. The summed E-state index contributed by atoms with van der Waals surface area (Å²) < 4.78 is 5.18. The summed E-state index contributed by atoms with van der Waals surface area (Å²) in [6.45, 7) is 1.90. The van der Waals surface area contributed by atoms with E-state index in [-0.39, 0.29) is 5.78 Å². The number of ketones is 1. The van der Waals surface area contributed by atoms with Crippen LogP contribution in [0.25, 0.3) is 10.8 Å². The quantitative estimate of drug-likeness (QED) is 0.684. The first-order chi connectivity index (χ1) is 10.2. The average molecular weight is 277 g/mol. The maximum absolute atomic E-state index is 12.8. The predicted octanol–water partition coefficient (Wildman–Crippen LogP) is 3.78. The molecule has 0 aliphatic heterocycles. The Kier molecular flexibility index (Phi) is 3.40. The number of hydrogen-bond donors (Lipinski definition) is 0. The first kappa shape index (κ1) is 13.3. The average Bonchev–Trinajstić information content (AvgIpc) is 2.53. The van der Waals surface area contributed by atoms with Crippen LogP contribution in [0.15, 0.2) is 54.7 Å². The third-order valence-electron chi connectivity index (χ3n) is 3.57. The Balaban J connectivity index is 2.13. The van der Waals surface area contributed by atoms with Crippen molar-refractivity contribution in [2.24, 2.45) is 0 Å². The van der Waals surface area contributed by atoms with Gasteiger partial charge in [-0.25, -0.2) is 0 Å². The third kappa shape index (κ3) is 2.38. The molecule has 0 amide bonds. The van der Waals surface area contributed by atoms with Crippen LogP contribution in [0.5, 0.6) is 5.75 Å². The summed E-state index contributed by atoms with van der Waals surface area (Å²) >= 11 is 0. The Bertz CT molecular complexity index is 819. The fraction of sp³-hybridized carbons (Fsp3) is 0.111. The Morgan fingerprint density at radius 3 is 2.67 bits per heavy atom. The summed E-state index contributed by atoms with van der Waals surface area (Å²) in [4.78, 5) is 17.1. The number of ether oxygens (including phenoxy) is 1. The van der Waals surface area contributed by atoms with Crippen LogP contribution in [0, 0.1) is 6.92 Å². The minimum Gasteiger partial charge on any atom is -0.497 e. The van der Waals surface area contributed by atoms with Crippen molar-refractivity contribution in [3.05, 3.63) is 71.5 Å². The van der Waals surface area contributed by atoms with Gasteiger partial charge in [0.05, 0.1) is 7.11 Å². The van der Waals surface area contributed by atoms with Gasteiger partial charge in [0, 0.05) is 17.1 Å². The summed E-state index contributed by atoms with van der Waals surface area (Å²) in [6, 6.07) is 15.1. The van der Waals surface area contributed by atoms with Gasteiger partial charge in [-0.05, 0) is 42.1 Å². The number of hydrogen-bond acceptors (Lipinski definition) is 3. The highest BCUT2D eigenvalue weighted by Gasteiger charge is 2.16. The van der Waals surface area contributed by atoms with E-state index < -0.39 is 0 Å². The highest BCUT2D eigenvalue weighted by atomic mass is 16.5. The number of carbonyl (C=O) groups is 1. The summed E-state index contributed by atoms with van der Waals surface area (Å²) in [5.74, 6) is 0.682. The van der Waals surface area contributed by atoms with Crippen LogP contribution in [0.4, 0.5) is 0 Å². The number of pyridine rings is 1. The van der Waals surface area contributed by atoms with E-state index in [1.807, 2.05) is 43.3 Å². The molecule has 0 saturated heterocycles. The molecule has 2 aromatic carbocycles. The molecule has 0 spiro atoms. The van der Waals surface area contributed by atoms with Crippen LogP contribution in [-0.2, 0) is 0 Å². The Morgan fingerprint density at radius 2 is 1.90 bits per heavy atom. The molecule has 3 rings (SSSR count). The SMILES string of the molecule is COc1ccc(C(=O)c2nccc3ccccc23)c(C)c1. The van der Waals surface area contributed by atoms with Crippen molar-refractivity contribution < 1.29 is 9.53 Å². The molecule has 0 bridgehead atoms. The van der Waals surface area contributed by atoms with Crippen molar-refractivity contribution in [2.45, 2.75) is 6.92 Å². The number of nitrogens with zero attached hydrogens (tertiary/aromatic N) is 1. The molecule has 0 unspecified atom stereocenters. The predicted molar refractivity (Wildman–Crippen MR) is 82.9 cm³/mol. The van der Waals surface area contributed by atoms with E-state index >= 15 is 0 Å². The van der Waals surface area contributed by atoms with Gasteiger partial charge in [-0.1, -0.05) is 24.3 Å². The molecule has 3 aromatic rings. The van der Waals surface area contributed by atoms with E-state index in [1.165, 1.54) is 0 Å². The molecule has 104 valence electrons. The number of carbonyl (C=O) groups excluding carboxylic acids is 1. The molecule has 0 fully saturated rings. The lowest BCUT2D eigenvalue weighted by molar-refractivity contribution is 0.103. The fourth-order valence-corrected chi connectivity index (χ4v) is 2.45. The van der Waals surface area contributed by atoms with Gasteiger partial charge >= 0.3 is 0 Å². The van der Waals surface area contributed by atoms with Crippen molar-refractivity contribution in [2.75, 3.05) is 7.11 Å². The number of benzene rings is 2. The van der Waals surface area contributed by atoms with Crippen LogP contribution in [0.3, 0.4) is 0 Å². The van der Waals surface area contributed by atoms with Crippen molar-refractivity contribution in [1.29, 1.82) is 0 Å². The number of fused-ring (bicyclic) bond motifs is 1. The van der Waals surface area contributed by atoms with Gasteiger partial charge in [0.15, 0.2) is 0 Å². The third-order valence-corrected chi connectivity index (χ3v) is 3.57. The maximum atomic E-state index is 12.8. The van der Waals surface area contributed by atoms with E-state index in [4.69, 9.17) is 4.74 Å². The molecule has 0 saturated carbocycles. The van der Waals surface area contributed by atoms with E-state index in [0.29, 0.717) is 11.3 Å². The first-order valence-electron chi connectivity index (χ1n) is 6.74. The molecule has 21 heavy (non-hydrogen) atoms. The molecule has 1 aromatic heterocycles. The molecule has 0 atom stereocenters. The molecular formula is C18H15NO2. The zero-order valence-electron chi connectivity index (χ0n) is 12.0. The van der Waals surface area contributed by atoms with Crippen LogP contribution < -0.4 is 4.74 Å². The fourth-order valence-electron chi connectivity index (χ4n) is 2.45. The van der Waals surface area contributed by atoms with Crippen LogP contribution in [0.2, 0.25) is 0 Å². The van der Waals surface area contributed by atoms with E-state index in [9.17, 15) is 4.79 Å². The van der Waals surface area contributed by atoms with Crippen LogP contribution >= 0.6 is 0 Å². The smallest absolute Gasteiger partial charge is 0.212 e. The molecule has 0 N–H and O–H groups in total. The first-order valence-corrected chi connectivity index (χ1v) is 6.74. The standard InChI is InChI=1S/C18H15NO2/c1-12-11-14(21-2)7-8-15(12)18(20)17-16-6-4-3-5-13(16)9-10-19-17/h3-11H,1-2H3. The number of aromatic nitrogens is 1. The normalized spacial score (nSPS) is 10.6. The molecule has 0 aliphatic carbocycles. The Labute approximate surface area is 123 Å². The van der Waals surface area contributed by atoms with Gasteiger partial charge in [0.1, 0.15) is 11.4 Å². The monoisotopic (exact) mass is 277 g/mol. The van der Waals surface area contributed by atoms with Crippen molar-refractivity contribution in [3.63, 3.8) is 0 Å². The summed E-state index contributed by atoms with van der Waals surface area (Å²) in [7, 11) is 1.61. The second-order valence-electron chi connectivity index (χ2n) is 4.89. The minimum absolute atomic E-state index is 0.0630. The van der Waals surface area contributed by atoms with Crippen LogP contribution in [0.1, 0.15) is 21.6 Å². The van der Waals surface area contributed by atoms with Gasteiger partial charge in [-0.2, -0.15) is 0 Å². The van der Waals surface area contributed by atoms with Crippen molar-refractivity contribution in [3.8, 4) is 5.75 Å². The van der Waals surface area contributed by atoms with E-state index in [2.05, 4.69) is 4.98 Å². The van der Waals surface area contributed by atoms with E-state index in [1.54, 1.807) is 25.4 Å². The second-order valence-corrected chi connectivity index (χ2v) is 4.89. The summed E-state index contributed by atoms with van der Waals surface area (Å²) in [5, 5.41) is 1.89. The molecular weight excluding hydrogens is 262 g/mol. The lowest BCUT2D eigenvalue weighted by atomic mass is 9.99. The topological polar surface area (TPSA) is 39.2 Å². The summed E-state index contributed by atoms with van der Waals surface area (Å²) in [5.41, 5.74) is 2.02. The van der Waals surface area contributed by atoms with Gasteiger partial charge in [0.25, 0.3) is 0 Å². The van der Waals surface area contributed by atoms with Gasteiger partial charge < -0.3 is 4.74 Å². The summed E-state index contributed by atoms with van der Waals surface area (Å²) in [6.07, 6.45) is 1.68. The molecule has 0 aliphatic rings. The Hall–Kier alpha value is -2.68. The molecule has 3 heteroatoms.